The molecule has 0 aliphatic carbocycles. The standard InChI is InChI=1S/C23H23N3O4S/c1-15-11-19(7-9-22(15)30-20-5-4-10-24-14-20)25-23(27)17-6-8-21-18(13-17)12-16(2)26(21)31(3,28)29/h4-11,13-14,16H,12H2,1-3H3,(H,25,27). The monoisotopic (exact) mass is 437 g/mol. The van der Waals surface area contributed by atoms with Gasteiger partial charge in [0.25, 0.3) is 5.91 Å². The van der Waals surface area contributed by atoms with Gasteiger partial charge in [0, 0.05) is 23.5 Å². The third-order valence-electron chi connectivity index (χ3n) is 5.15. The fourth-order valence-electron chi connectivity index (χ4n) is 3.83. The summed E-state index contributed by atoms with van der Waals surface area (Å²) in [4.78, 5) is 16.8. The van der Waals surface area contributed by atoms with Gasteiger partial charge in [0.05, 0.1) is 18.1 Å². The van der Waals surface area contributed by atoms with E-state index >= 15 is 0 Å². The van der Waals surface area contributed by atoms with Gasteiger partial charge in [-0.05, 0) is 79.9 Å². The lowest BCUT2D eigenvalue weighted by molar-refractivity contribution is 0.102. The van der Waals surface area contributed by atoms with Crippen LogP contribution in [0.5, 0.6) is 11.5 Å². The molecule has 1 aliphatic rings. The van der Waals surface area contributed by atoms with Gasteiger partial charge in [0.1, 0.15) is 11.5 Å². The highest BCUT2D eigenvalue weighted by Crippen LogP contribution is 2.35. The van der Waals surface area contributed by atoms with Crippen molar-refractivity contribution in [3.63, 3.8) is 0 Å². The van der Waals surface area contributed by atoms with Crippen LogP contribution in [0.4, 0.5) is 11.4 Å². The van der Waals surface area contributed by atoms with Gasteiger partial charge in [-0.2, -0.15) is 0 Å². The Labute approximate surface area is 181 Å². The van der Waals surface area contributed by atoms with Crippen molar-refractivity contribution in [3.05, 3.63) is 77.6 Å². The number of rotatable bonds is 5. The molecule has 8 heteroatoms. The topological polar surface area (TPSA) is 88.6 Å². The Balaban J connectivity index is 1.50. The van der Waals surface area contributed by atoms with E-state index in [0.717, 1.165) is 11.1 Å². The normalized spacial score (nSPS) is 15.5. The van der Waals surface area contributed by atoms with Crippen molar-refractivity contribution in [1.82, 2.24) is 4.98 Å². The Morgan fingerprint density at radius 1 is 1.19 bits per heavy atom. The van der Waals surface area contributed by atoms with Crippen LogP contribution in [0.3, 0.4) is 0 Å². The molecule has 0 bridgehead atoms. The van der Waals surface area contributed by atoms with E-state index in [4.69, 9.17) is 4.74 Å². The molecule has 0 spiro atoms. The summed E-state index contributed by atoms with van der Waals surface area (Å²) in [6, 6.07) is 14.0. The zero-order valence-electron chi connectivity index (χ0n) is 17.5. The number of aromatic nitrogens is 1. The Morgan fingerprint density at radius 2 is 2.00 bits per heavy atom. The van der Waals surface area contributed by atoms with Crippen LogP contribution >= 0.6 is 0 Å². The van der Waals surface area contributed by atoms with E-state index in [2.05, 4.69) is 10.3 Å². The molecule has 1 amide bonds. The maximum Gasteiger partial charge on any atom is 0.255 e. The highest BCUT2D eigenvalue weighted by molar-refractivity contribution is 7.92. The Morgan fingerprint density at radius 3 is 2.68 bits per heavy atom. The number of hydrogen-bond acceptors (Lipinski definition) is 5. The second-order valence-electron chi connectivity index (χ2n) is 7.68. The lowest BCUT2D eigenvalue weighted by Gasteiger charge is -2.21. The van der Waals surface area contributed by atoms with E-state index in [1.54, 1.807) is 48.8 Å². The van der Waals surface area contributed by atoms with Gasteiger partial charge >= 0.3 is 0 Å². The van der Waals surface area contributed by atoms with Gasteiger partial charge in [-0.15, -0.1) is 0 Å². The first-order chi connectivity index (χ1) is 14.7. The first-order valence-corrected chi connectivity index (χ1v) is 11.7. The van der Waals surface area contributed by atoms with Gasteiger partial charge in [-0.25, -0.2) is 8.42 Å². The SMILES string of the molecule is Cc1cc(NC(=O)c2ccc3c(c2)CC(C)N3S(C)(=O)=O)ccc1Oc1cccnc1. The quantitative estimate of drug-likeness (QED) is 0.648. The Bertz CT molecular complexity index is 1240. The molecular weight excluding hydrogens is 414 g/mol. The summed E-state index contributed by atoms with van der Waals surface area (Å²) in [6.07, 6.45) is 5.08. The summed E-state index contributed by atoms with van der Waals surface area (Å²) >= 11 is 0. The number of hydrogen-bond donors (Lipinski definition) is 1. The molecule has 2 aromatic carbocycles. The molecule has 1 atom stereocenters. The summed E-state index contributed by atoms with van der Waals surface area (Å²) in [5.41, 5.74) is 3.48. The maximum atomic E-state index is 12.8. The van der Waals surface area contributed by atoms with Gasteiger partial charge in [-0.1, -0.05) is 0 Å². The van der Waals surface area contributed by atoms with Crippen molar-refractivity contribution >= 4 is 27.3 Å². The molecule has 160 valence electrons. The number of nitrogens with zero attached hydrogens (tertiary/aromatic N) is 2. The van der Waals surface area contributed by atoms with Crippen LogP contribution < -0.4 is 14.4 Å². The van der Waals surface area contributed by atoms with E-state index in [1.807, 2.05) is 26.0 Å². The molecule has 4 rings (SSSR count). The Kier molecular flexibility index (Phi) is 5.41. The number of benzene rings is 2. The Hall–Kier alpha value is -3.39. The predicted octanol–water partition coefficient (Wildman–Crippen LogP) is 4.15. The summed E-state index contributed by atoms with van der Waals surface area (Å²) in [6.45, 7) is 3.76. The molecule has 1 unspecified atom stereocenters. The van der Waals surface area contributed by atoms with Gasteiger partial charge in [0.15, 0.2) is 0 Å². The van der Waals surface area contributed by atoms with Crippen molar-refractivity contribution in [2.75, 3.05) is 15.9 Å². The lowest BCUT2D eigenvalue weighted by atomic mass is 10.1. The summed E-state index contributed by atoms with van der Waals surface area (Å²) in [5.74, 6) is 1.06. The van der Waals surface area contributed by atoms with Crippen molar-refractivity contribution in [2.24, 2.45) is 0 Å². The van der Waals surface area contributed by atoms with Crippen molar-refractivity contribution in [3.8, 4) is 11.5 Å². The van der Waals surface area contributed by atoms with Gasteiger partial charge in [-0.3, -0.25) is 14.1 Å². The van der Waals surface area contributed by atoms with E-state index in [-0.39, 0.29) is 11.9 Å². The van der Waals surface area contributed by atoms with Crippen LogP contribution in [0.1, 0.15) is 28.4 Å². The zero-order valence-corrected chi connectivity index (χ0v) is 18.3. The largest absolute Gasteiger partial charge is 0.455 e. The fourth-order valence-corrected chi connectivity index (χ4v) is 5.09. The molecule has 0 radical (unpaired) electrons. The minimum atomic E-state index is -3.36. The second kappa shape index (κ2) is 8.03. The first kappa shape index (κ1) is 20.9. The number of pyridine rings is 1. The highest BCUT2D eigenvalue weighted by atomic mass is 32.2. The van der Waals surface area contributed by atoms with Crippen LogP contribution in [0.25, 0.3) is 0 Å². The number of sulfonamides is 1. The van der Waals surface area contributed by atoms with E-state index < -0.39 is 10.0 Å². The minimum absolute atomic E-state index is 0.168. The number of carbonyl (C=O) groups excluding carboxylic acids is 1. The summed E-state index contributed by atoms with van der Waals surface area (Å²) in [7, 11) is -3.36. The smallest absolute Gasteiger partial charge is 0.255 e. The van der Waals surface area contributed by atoms with Gasteiger partial charge < -0.3 is 10.1 Å². The fraction of sp³-hybridized carbons (Fsp3) is 0.217. The number of aryl methyl sites for hydroxylation is 1. The number of amides is 1. The average Bonchev–Trinajstić information content (AvgIpc) is 3.06. The predicted molar refractivity (Wildman–Crippen MR) is 120 cm³/mol. The van der Waals surface area contributed by atoms with Crippen LogP contribution in [0, 0.1) is 6.92 Å². The van der Waals surface area contributed by atoms with Gasteiger partial charge in [0.2, 0.25) is 10.0 Å². The van der Waals surface area contributed by atoms with E-state index in [0.29, 0.717) is 34.9 Å². The van der Waals surface area contributed by atoms with E-state index in [1.165, 1.54) is 10.6 Å². The van der Waals surface area contributed by atoms with Crippen LogP contribution in [0.2, 0.25) is 0 Å². The van der Waals surface area contributed by atoms with Crippen LogP contribution in [0.15, 0.2) is 60.9 Å². The van der Waals surface area contributed by atoms with Crippen molar-refractivity contribution < 1.29 is 17.9 Å². The summed E-state index contributed by atoms with van der Waals surface area (Å²) in [5, 5.41) is 2.90. The van der Waals surface area contributed by atoms with Crippen LogP contribution in [-0.2, 0) is 16.4 Å². The number of carbonyl (C=O) groups is 1. The van der Waals surface area contributed by atoms with Crippen molar-refractivity contribution in [1.29, 1.82) is 0 Å². The molecule has 31 heavy (non-hydrogen) atoms. The molecular formula is C23H23N3O4S. The highest BCUT2D eigenvalue weighted by Gasteiger charge is 2.32. The first-order valence-electron chi connectivity index (χ1n) is 9.84. The second-order valence-corrected chi connectivity index (χ2v) is 9.54. The van der Waals surface area contributed by atoms with Crippen molar-refractivity contribution in [2.45, 2.75) is 26.3 Å². The minimum Gasteiger partial charge on any atom is -0.455 e. The average molecular weight is 438 g/mol. The molecule has 3 aromatic rings. The third-order valence-corrected chi connectivity index (χ3v) is 6.42. The lowest BCUT2D eigenvalue weighted by Crippen LogP contribution is -2.34. The zero-order chi connectivity index (χ0) is 22.2. The molecule has 0 saturated carbocycles. The maximum absolute atomic E-state index is 12.8. The molecule has 2 heterocycles. The molecule has 1 aromatic heterocycles. The number of nitrogens with one attached hydrogen (secondary N) is 1. The summed E-state index contributed by atoms with van der Waals surface area (Å²) < 4.78 is 31.4. The molecule has 7 nitrogen and oxygen atoms in total. The molecule has 1 aliphatic heterocycles. The molecule has 0 fully saturated rings. The molecule has 1 N–H and O–H groups in total. The number of fused-ring (bicyclic) bond motifs is 1. The van der Waals surface area contributed by atoms with Crippen LogP contribution in [-0.4, -0.2) is 31.6 Å². The molecule has 0 saturated heterocycles. The van der Waals surface area contributed by atoms with E-state index in [9.17, 15) is 13.2 Å². The number of ether oxygens (including phenoxy) is 1. The third kappa shape index (κ3) is 4.39. The number of anilines is 2.